The summed E-state index contributed by atoms with van der Waals surface area (Å²) in [6, 6.07) is 6.07. The number of pyridine rings is 1. The van der Waals surface area contributed by atoms with Gasteiger partial charge in [-0.05, 0) is 51.4 Å². The van der Waals surface area contributed by atoms with E-state index in [1.54, 1.807) is 0 Å². The van der Waals surface area contributed by atoms with Crippen LogP contribution in [0.1, 0.15) is 48.6 Å². The third-order valence-electron chi connectivity index (χ3n) is 5.48. The molecule has 4 rings (SSSR count). The number of rotatable bonds is 2. The maximum absolute atomic E-state index is 12.0. The molecule has 2 aromatic rings. The highest BCUT2D eigenvalue weighted by atomic mass is 16.6. The molecule has 162 valence electrons. The molecule has 30 heavy (non-hydrogen) atoms. The van der Waals surface area contributed by atoms with Crippen LogP contribution < -0.4 is 10.6 Å². The molecule has 9 heteroatoms. The highest BCUT2D eigenvalue weighted by molar-refractivity contribution is 5.67. The van der Waals surface area contributed by atoms with Gasteiger partial charge < -0.3 is 25.0 Å². The van der Waals surface area contributed by atoms with Crippen molar-refractivity contribution in [2.45, 2.75) is 50.9 Å². The Morgan fingerprint density at radius 3 is 3.00 bits per heavy atom. The fourth-order valence-electron chi connectivity index (χ4n) is 4.01. The van der Waals surface area contributed by atoms with E-state index in [1.165, 1.54) is 0 Å². The molecule has 1 fully saturated rings. The molecule has 0 aromatic carbocycles. The monoisotopic (exact) mass is 414 g/mol. The van der Waals surface area contributed by atoms with E-state index in [4.69, 9.17) is 14.5 Å². The zero-order chi connectivity index (χ0) is 20.9. The standard InChI is InChI=1S/C21H30N6O3/c1-27(2)12-15-5-7-19-23-18(15)13-29-9-3-8-22-21(28)30-16-6-4-14(10-16)17-11-20(24-19)26-25-17/h5,7,11,14,16H,3-4,6,8-10,12-13H2,1-2H3,(H,22,28)(H2,23,24,25,26)/t14-,16+/m0/s1. The average Bonchev–Trinajstić information content (AvgIpc) is 3.35. The Labute approximate surface area is 176 Å². The number of anilines is 2. The van der Waals surface area contributed by atoms with Gasteiger partial charge in [0, 0.05) is 37.4 Å². The topological polar surface area (TPSA) is 104 Å². The first-order chi connectivity index (χ1) is 14.6. The van der Waals surface area contributed by atoms with E-state index in [-0.39, 0.29) is 12.2 Å². The van der Waals surface area contributed by atoms with Crippen molar-refractivity contribution in [3.63, 3.8) is 0 Å². The van der Waals surface area contributed by atoms with Crippen LogP contribution in [0.3, 0.4) is 0 Å². The van der Waals surface area contributed by atoms with E-state index in [1.807, 2.05) is 26.2 Å². The number of hydrogen-bond acceptors (Lipinski definition) is 7. The summed E-state index contributed by atoms with van der Waals surface area (Å²) in [6.45, 7) is 2.27. The van der Waals surface area contributed by atoms with E-state index >= 15 is 0 Å². The van der Waals surface area contributed by atoms with E-state index < -0.39 is 0 Å². The number of hydrogen-bond donors (Lipinski definition) is 3. The molecule has 0 saturated heterocycles. The van der Waals surface area contributed by atoms with Gasteiger partial charge in [0.05, 0.1) is 12.3 Å². The normalized spacial score (nSPS) is 22.6. The number of aromatic amines is 1. The first kappa shape index (κ1) is 20.6. The van der Waals surface area contributed by atoms with Crippen molar-refractivity contribution in [1.29, 1.82) is 0 Å². The van der Waals surface area contributed by atoms with Crippen LogP contribution in [-0.4, -0.2) is 59.5 Å². The second-order valence-corrected chi connectivity index (χ2v) is 8.24. The minimum atomic E-state index is -0.351. The molecule has 6 bridgehead atoms. The predicted octanol–water partition coefficient (Wildman–Crippen LogP) is 2.89. The molecule has 0 spiro atoms. The van der Waals surface area contributed by atoms with Gasteiger partial charge in [-0.15, -0.1) is 0 Å². The zero-order valence-corrected chi connectivity index (χ0v) is 17.6. The first-order valence-corrected chi connectivity index (χ1v) is 10.5. The number of alkyl carbamates (subject to hydrolysis) is 1. The summed E-state index contributed by atoms with van der Waals surface area (Å²) < 4.78 is 11.4. The SMILES string of the molecule is CN(C)Cc1ccc2nc1COCCCNC(=O)O[C@@H]1CC[C@@H](C1)c1cc(n[nH]1)N2. The molecule has 3 N–H and O–H groups in total. The quantitative estimate of drug-likeness (QED) is 0.694. The van der Waals surface area contributed by atoms with Crippen LogP contribution in [0.5, 0.6) is 0 Å². The summed E-state index contributed by atoms with van der Waals surface area (Å²) in [6.07, 6.45) is 2.95. The zero-order valence-electron chi connectivity index (χ0n) is 17.6. The number of H-pyrrole nitrogens is 1. The lowest BCUT2D eigenvalue weighted by atomic mass is 10.0. The van der Waals surface area contributed by atoms with E-state index in [0.717, 1.165) is 60.8 Å². The fraction of sp³-hybridized carbons (Fsp3) is 0.571. The lowest BCUT2D eigenvalue weighted by Gasteiger charge is -2.16. The van der Waals surface area contributed by atoms with Crippen molar-refractivity contribution >= 4 is 17.7 Å². The van der Waals surface area contributed by atoms with E-state index in [9.17, 15) is 4.79 Å². The second kappa shape index (κ2) is 9.44. The van der Waals surface area contributed by atoms with Gasteiger partial charge in [-0.2, -0.15) is 5.10 Å². The predicted molar refractivity (Wildman–Crippen MR) is 113 cm³/mol. The van der Waals surface area contributed by atoms with Gasteiger partial charge in [-0.3, -0.25) is 5.10 Å². The molecular formula is C21H30N6O3. The number of nitrogens with one attached hydrogen (secondary N) is 3. The number of ether oxygens (including phenoxy) is 2. The van der Waals surface area contributed by atoms with Gasteiger partial charge in [0.15, 0.2) is 5.82 Å². The number of carbonyl (C=O) groups excluding carboxylic acids is 1. The number of carbonyl (C=O) groups is 1. The summed E-state index contributed by atoms with van der Waals surface area (Å²) in [4.78, 5) is 18.9. The fourth-order valence-corrected chi connectivity index (χ4v) is 4.01. The minimum absolute atomic E-state index is 0.0571. The first-order valence-electron chi connectivity index (χ1n) is 10.5. The highest BCUT2D eigenvalue weighted by Gasteiger charge is 2.30. The minimum Gasteiger partial charge on any atom is -0.446 e. The van der Waals surface area contributed by atoms with Crippen LogP contribution in [0, 0.1) is 0 Å². The number of nitrogens with zero attached hydrogens (tertiary/aromatic N) is 3. The molecule has 0 radical (unpaired) electrons. The Morgan fingerprint density at radius 1 is 1.23 bits per heavy atom. The third kappa shape index (κ3) is 5.28. The maximum Gasteiger partial charge on any atom is 0.407 e. The average molecular weight is 415 g/mol. The molecule has 1 aliphatic heterocycles. The largest absolute Gasteiger partial charge is 0.446 e. The molecule has 2 aliphatic rings. The van der Waals surface area contributed by atoms with Gasteiger partial charge in [-0.25, -0.2) is 9.78 Å². The van der Waals surface area contributed by atoms with Gasteiger partial charge >= 0.3 is 6.09 Å². The Hall–Kier alpha value is -2.65. The van der Waals surface area contributed by atoms with Crippen molar-refractivity contribution in [3.8, 4) is 0 Å². The van der Waals surface area contributed by atoms with Crippen molar-refractivity contribution < 1.29 is 14.3 Å². The van der Waals surface area contributed by atoms with Crippen LogP contribution >= 0.6 is 0 Å². The lowest BCUT2D eigenvalue weighted by molar-refractivity contribution is 0.0955. The maximum atomic E-state index is 12.0. The molecular weight excluding hydrogens is 384 g/mol. The van der Waals surface area contributed by atoms with Crippen molar-refractivity contribution in [3.05, 3.63) is 35.2 Å². The van der Waals surface area contributed by atoms with Crippen molar-refractivity contribution in [2.24, 2.45) is 0 Å². The summed E-state index contributed by atoms with van der Waals surface area (Å²) in [5.74, 6) is 1.78. The Balaban J connectivity index is 1.55. The second-order valence-electron chi connectivity index (χ2n) is 8.24. The molecule has 1 saturated carbocycles. The van der Waals surface area contributed by atoms with Gasteiger partial charge in [0.1, 0.15) is 11.9 Å². The molecule has 0 unspecified atom stereocenters. The molecule has 3 heterocycles. The van der Waals surface area contributed by atoms with Crippen molar-refractivity contribution in [2.75, 3.05) is 32.6 Å². The van der Waals surface area contributed by atoms with Gasteiger partial charge in [-0.1, -0.05) is 6.07 Å². The van der Waals surface area contributed by atoms with Crippen LogP contribution in [0.4, 0.5) is 16.4 Å². The van der Waals surface area contributed by atoms with Crippen LogP contribution in [0.15, 0.2) is 18.2 Å². The number of aromatic nitrogens is 3. The molecule has 2 atom stereocenters. The molecule has 1 amide bonds. The smallest absolute Gasteiger partial charge is 0.407 e. The van der Waals surface area contributed by atoms with Crippen molar-refractivity contribution in [1.82, 2.24) is 25.4 Å². The molecule has 2 aromatic heterocycles. The summed E-state index contributed by atoms with van der Waals surface area (Å²) in [5.41, 5.74) is 3.08. The Morgan fingerprint density at radius 2 is 2.13 bits per heavy atom. The highest BCUT2D eigenvalue weighted by Crippen LogP contribution is 2.36. The van der Waals surface area contributed by atoms with Crippen LogP contribution in [-0.2, 0) is 22.6 Å². The summed E-state index contributed by atoms with van der Waals surface area (Å²) >= 11 is 0. The molecule has 1 aliphatic carbocycles. The molecule has 9 nitrogen and oxygen atoms in total. The Bertz CT molecular complexity index is 868. The summed E-state index contributed by atoms with van der Waals surface area (Å²) in [5, 5.41) is 13.6. The Kier molecular flexibility index (Phi) is 6.49. The van der Waals surface area contributed by atoms with E-state index in [2.05, 4.69) is 31.8 Å². The lowest BCUT2D eigenvalue weighted by Crippen LogP contribution is -2.29. The van der Waals surface area contributed by atoms with Gasteiger partial charge in [0.2, 0.25) is 0 Å². The van der Waals surface area contributed by atoms with Crippen LogP contribution in [0.25, 0.3) is 0 Å². The number of amides is 1. The number of fused-ring (bicyclic) bond motifs is 7. The summed E-state index contributed by atoms with van der Waals surface area (Å²) in [7, 11) is 4.06. The van der Waals surface area contributed by atoms with Gasteiger partial charge in [0.25, 0.3) is 0 Å². The van der Waals surface area contributed by atoms with E-state index in [0.29, 0.717) is 25.7 Å². The third-order valence-corrected chi connectivity index (χ3v) is 5.48. The van der Waals surface area contributed by atoms with Crippen LogP contribution in [0.2, 0.25) is 0 Å².